The van der Waals surface area contributed by atoms with Crippen molar-refractivity contribution in [1.29, 1.82) is 0 Å². The molecular formula is C12H23ClN2O. The zero-order valence-electron chi connectivity index (χ0n) is 10.1. The molecule has 1 atom stereocenters. The zero-order valence-corrected chi connectivity index (χ0v) is 10.9. The molecule has 0 radical (unpaired) electrons. The summed E-state index contributed by atoms with van der Waals surface area (Å²) in [5.41, 5.74) is 0. The van der Waals surface area contributed by atoms with E-state index in [1.165, 1.54) is 25.7 Å². The third-order valence-corrected chi connectivity index (χ3v) is 3.66. The first kappa shape index (κ1) is 13.8. The van der Waals surface area contributed by atoms with Crippen LogP contribution in [0.5, 0.6) is 0 Å². The molecule has 0 aromatic heterocycles. The lowest BCUT2D eigenvalue weighted by molar-refractivity contribution is -0.133. The molecule has 0 unspecified atom stereocenters. The molecule has 1 saturated heterocycles. The largest absolute Gasteiger partial charge is 0.340 e. The van der Waals surface area contributed by atoms with Crippen LogP contribution < -0.4 is 5.32 Å². The second-order valence-electron chi connectivity index (χ2n) is 5.05. The van der Waals surface area contributed by atoms with Gasteiger partial charge in [0, 0.05) is 32.1 Å². The average molecular weight is 247 g/mol. The van der Waals surface area contributed by atoms with E-state index < -0.39 is 0 Å². The first-order valence-corrected chi connectivity index (χ1v) is 6.27. The van der Waals surface area contributed by atoms with Crippen LogP contribution in [0.4, 0.5) is 0 Å². The Kier molecular flexibility index (Phi) is 5.56. The Balaban J connectivity index is 0.00000128. The van der Waals surface area contributed by atoms with Gasteiger partial charge in [0.1, 0.15) is 0 Å². The highest BCUT2D eigenvalue weighted by Gasteiger charge is 2.24. The second-order valence-corrected chi connectivity index (χ2v) is 5.05. The van der Waals surface area contributed by atoms with Crippen LogP contribution in [0.2, 0.25) is 0 Å². The summed E-state index contributed by atoms with van der Waals surface area (Å²) < 4.78 is 0. The number of hydrogen-bond donors (Lipinski definition) is 1. The van der Waals surface area contributed by atoms with Gasteiger partial charge in [-0.1, -0.05) is 12.8 Å². The Morgan fingerprint density at radius 1 is 1.38 bits per heavy atom. The van der Waals surface area contributed by atoms with Crippen molar-refractivity contribution >= 4 is 18.3 Å². The molecule has 3 nitrogen and oxygen atoms in total. The molecule has 1 saturated carbocycles. The number of halogens is 1. The molecule has 0 spiro atoms. The Morgan fingerprint density at radius 2 is 2.06 bits per heavy atom. The molecular weight excluding hydrogens is 224 g/mol. The molecule has 16 heavy (non-hydrogen) atoms. The highest BCUT2D eigenvalue weighted by Crippen LogP contribution is 2.28. The van der Waals surface area contributed by atoms with Gasteiger partial charge in [0.15, 0.2) is 0 Å². The van der Waals surface area contributed by atoms with E-state index >= 15 is 0 Å². The maximum atomic E-state index is 12.0. The van der Waals surface area contributed by atoms with Gasteiger partial charge in [-0.25, -0.2) is 0 Å². The van der Waals surface area contributed by atoms with Gasteiger partial charge in [0.2, 0.25) is 5.91 Å². The lowest BCUT2D eigenvalue weighted by Gasteiger charge is -2.32. The molecule has 1 aliphatic heterocycles. The lowest BCUT2D eigenvalue weighted by Crippen LogP contribution is -2.51. The zero-order chi connectivity index (χ0) is 10.7. The Morgan fingerprint density at radius 3 is 2.69 bits per heavy atom. The number of nitrogens with one attached hydrogen (secondary N) is 1. The molecule has 2 fully saturated rings. The van der Waals surface area contributed by atoms with Crippen molar-refractivity contribution in [3.05, 3.63) is 0 Å². The van der Waals surface area contributed by atoms with Crippen LogP contribution in [0, 0.1) is 5.92 Å². The van der Waals surface area contributed by atoms with Crippen LogP contribution in [0.3, 0.4) is 0 Å². The molecule has 0 aromatic carbocycles. The molecule has 1 aliphatic carbocycles. The summed E-state index contributed by atoms with van der Waals surface area (Å²) >= 11 is 0. The monoisotopic (exact) mass is 246 g/mol. The molecule has 4 heteroatoms. The standard InChI is InChI=1S/C12H22N2O.ClH/c1-10-9-14(7-6-13-10)12(15)8-11-4-2-3-5-11;/h10-11,13H,2-9H2,1H3;1H/t10-;/m0./s1. The molecule has 2 aliphatic rings. The predicted molar refractivity (Wildman–Crippen MR) is 67.9 cm³/mol. The van der Waals surface area contributed by atoms with E-state index in [0.717, 1.165) is 26.1 Å². The van der Waals surface area contributed by atoms with Crippen molar-refractivity contribution in [2.24, 2.45) is 5.92 Å². The van der Waals surface area contributed by atoms with Gasteiger partial charge >= 0.3 is 0 Å². The van der Waals surface area contributed by atoms with E-state index in [1.54, 1.807) is 0 Å². The van der Waals surface area contributed by atoms with Crippen LogP contribution >= 0.6 is 12.4 Å². The average Bonchev–Trinajstić information content (AvgIpc) is 2.70. The number of hydrogen-bond acceptors (Lipinski definition) is 2. The van der Waals surface area contributed by atoms with Crippen molar-refractivity contribution in [3.8, 4) is 0 Å². The van der Waals surface area contributed by atoms with Gasteiger partial charge in [-0.15, -0.1) is 12.4 Å². The van der Waals surface area contributed by atoms with Gasteiger partial charge in [0.25, 0.3) is 0 Å². The van der Waals surface area contributed by atoms with Gasteiger partial charge in [0.05, 0.1) is 0 Å². The van der Waals surface area contributed by atoms with E-state index in [2.05, 4.69) is 12.2 Å². The number of carbonyl (C=O) groups is 1. The molecule has 0 aromatic rings. The molecule has 2 rings (SSSR count). The predicted octanol–water partition coefficient (Wildman–Crippen LogP) is 1.81. The fourth-order valence-corrected chi connectivity index (χ4v) is 2.75. The maximum Gasteiger partial charge on any atom is 0.222 e. The maximum absolute atomic E-state index is 12.0. The third kappa shape index (κ3) is 3.63. The number of piperazine rings is 1. The van der Waals surface area contributed by atoms with E-state index in [-0.39, 0.29) is 12.4 Å². The smallest absolute Gasteiger partial charge is 0.222 e. The summed E-state index contributed by atoms with van der Waals surface area (Å²) in [5.74, 6) is 1.07. The lowest BCUT2D eigenvalue weighted by atomic mass is 10.0. The van der Waals surface area contributed by atoms with Gasteiger partial charge in [-0.3, -0.25) is 4.79 Å². The van der Waals surface area contributed by atoms with Crippen LogP contribution in [-0.4, -0.2) is 36.5 Å². The summed E-state index contributed by atoms with van der Waals surface area (Å²) in [4.78, 5) is 14.0. The van der Waals surface area contributed by atoms with Crippen LogP contribution in [0.1, 0.15) is 39.0 Å². The minimum atomic E-state index is 0. The van der Waals surface area contributed by atoms with Crippen LogP contribution in [0.25, 0.3) is 0 Å². The van der Waals surface area contributed by atoms with Crippen molar-refractivity contribution in [3.63, 3.8) is 0 Å². The van der Waals surface area contributed by atoms with Crippen LogP contribution in [-0.2, 0) is 4.79 Å². The SMILES string of the molecule is C[C@H]1CN(C(=O)CC2CCCC2)CCN1.Cl. The van der Waals surface area contributed by atoms with Crippen molar-refractivity contribution in [1.82, 2.24) is 10.2 Å². The van der Waals surface area contributed by atoms with E-state index in [1.807, 2.05) is 4.90 Å². The Bertz CT molecular complexity index is 229. The van der Waals surface area contributed by atoms with E-state index in [4.69, 9.17) is 0 Å². The third-order valence-electron chi connectivity index (χ3n) is 3.66. The molecule has 1 amide bonds. The minimum absolute atomic E-state index is 0. The summed E-state index contributed by atoms with van der Waals surface area (Å²) in [6.45, 7) is 4.90. The number of carbonyl (C=O) groups excluding carboxylic acids is 1. The topological polar surface area (TPSA) is 32.3 Å². The van der Waals surface area contributed by atoms with Crippen LogP contribution in [0.15, 0.2) is 0 Å². The summed E-state index contributed by atoms with van der Waals surface area (Å²) in [5, 5.41) is 3.37. The normalized spacial score (nSPS) is 26.6. The number of nitrogens with zero attached hydrogens (tertiary/aromatic N) is 1. The Labute approximate surface area is 104 Å². The van der Waals surface area contributed by atoms with Crippen molar-refractivity contribution in [2.45, 2.75) is 45.1 Å². The molecule has 1 heterocycles. The minimum Gasteiger partial charge on any atom is -0.340 e. The highest BCUT2D eigenvalue weighted by atomic mass is 35.5. The first-order chi connectivity index (χ1) is 7.25. The van der Waals surface area contributed by atoms with Gasteiger partial charge < -0.3 is 10.2 Å². The Hall–Kier alpha value is -0.280. The highest BCUT2D eigenvalue weighted by molar-refractivity contribution is 5.85. The number of amides is 1. The fourth-order valence-electron chi connectivity index (χ4n) is 2.75. The van der Waals surface area contributed by atoms with E-state index in [0.29, 0.717) is 17.9 Å². The van der Waals surface area contributed by atoms with E-state index in [9.17, 15) is 4.79 Å². The van der Waals surface area contributed by atoms with Crippen molar-refractivity contribution < 1.29 is 4.79 Å². The molecule has 94 valence electrons. The van der Waals surface area contributed by atoms with Gasteiger partial charge in [-0.05, 0) is 25.7 Å². The number of rotatable bonds is 2. The van der Waals surface area contributed by atoms with Crippen molar-refractivity contribution in [2.75, 3.05) is 19.6 Å². The van der Waals surface area contributed by atoms with Gasteiger partial charge in [-0.2, -0.15) is 0 Å². The quantitative estimate of drug-likeness (QED) is 0.806. The molecule has 1 N–H and O–H groups in total. The second kappa shape index (κ2) is 6.45. The first-order valence-electron chi connectivity index (χ1n) is 6.27. The molecule has 0 bridgehead atoms. The summed E-state index contributed by atoms with van der Waals surface area (Å²) in [7, 11) is 0. The summed E-state index contributed by atoms with van der Waals surface area (Å²) in [6.07, 6.45) is 6.00. The summed E-state index contributed by atoms with van der Waals surface area (Å²) in [6, 6.07) is 0.464. The fraction of sp³-hybridized carbons (Fsp3) is 0.917.